The van der Waals surface area contributed by atoms with Gasteiger partial charge in [0, 0.05) is 38.3 Å². The third-order valence-corrected chi connectivity index (χ3v) is 8.21. The van der Waals surface area contributed by atoms with Crippen molar-refractivity contribution in [2.24, 2.45) is 10.9 Å². The van der Waals surface area contributed by atoms with E-state index >= 15 is 0 Å². The third-order valence-electron chi connectivity index (χ3n) is 5.68. The van der Waals surface area contributed by atoms with E-state index in [1.165, 1.54) is 0 Å². The van der Waals surface area contributed by atoms with Crippen LogP contribution in [0.1, 0.15) is 38.7 Å². The van der Waals surface area contributed by atoms with E-state index in [9.17, 15) is 13.2 Å². The van der Waals surface area contributed by atoms with Crippen LogP contribution in [-0.4, -0.2) is 55.8 Å². The Morgan fingerprint density at radius 1 is 1.32 bits per heavy atom. The van der Waals surface area contributed by atoms with E-state index in [1.807, 2.05) is 29.2 Å². The molecule has 8 heteroatoms. The van der Waals surface area contributed by atoms with Gasteiger partial charge in [-0.25, -0.2) is 8.42 Å². The second-order valence-electron chi connectivity index (χ2n) is 8.22. The Balaban J connectivity index is 1.59. The van der Waals surface area contributed by atoms with Crippen molar-refractivity contribution in [1.29, 1.82) is 0 Å². The maximum atomic E-state index is 12.2. The van der Waals surface area contributed by atoms with Crippen molar-refractivity contribution >= 4 is 27.4 Å². The number of hydrogen-bond acceptors (Lipinski definition) is 4. The molecular formula is C20H30N4O3S. The Hall–Kier alpha value is -2.09. The maximum Gasteiger partial charge on any atom is 0.227 e. The molecule has 2 aliphatic rings. The van der Waals surface area contributed by atoms with Crippen LogP contribution in [0.4, 0.5) is 5.69 Å². The van der Waals surface area contributed by atoms with Crippen molar-refractivity contribution in [3.63, 3.8) is 0 Å². The van der Waals surface area contributed by atoms with Crippen molar-refractivity contribution in [1.82, 2.24) is 10.2 Å². The number of nitrogens with zero attached hydrogens (tertiary/aromatic N) is 2. The maximum absolute atomic E-state index is 12.2. The molecule has 1 aromatic carbocycles. The van der Waals surface area contributed by atoms with Crippen molar-refractivity contribution in [3.05, 3.63) is 29.8 Å². The van der Waals surface area contributed by atoms with Crippen LogP contribution in [0.2, 0.25) is 0 Å². The van der Waals surface area contributed by atoms with E-state index in [0.29, 0.717) is 25.6 Å². The molecule has 1 aliphatic heterocycles. The molecule has 1 heterocycles. The summed E-state index contributed by atoms with van der Waals surface area (Å²) in [6, 6.07) is 7.77. The lowest BCUT2D eigenvalue weighted by Crippen LogP contribution is -2.57. The highest BCUT2D eigenvalue weighted by Crippen LogP contribution is 2.27. The SMILES string of the molecule is CN=C(NCc1cccc(NC(=O)C2CCC2)c1)N1CCS(=O)(=O)C(C)(C)C1. The summed E-state index contributed by atoms with van der Waals surface area (Å²) in [5, 5.41) is 6.31. The fourth-order valence-electron chi connectivity index (χ4n) is 3.51. The third kappa shape index (κ3) is 4.48. The summed E-state index contributed by atoms with van der Waals surface area (Å²) in [6.07, 6.45) is 3.09. The van der Waals surface area contributed by atoms with Crippen LogP contribution in [0.5, 0.6) is 0 Å². The zero-order valence-electron chi connectivity index (χ0n) is 16.9. The molecule has 0 bridgehead atoms. The number of aliphatic imine (C=N–C) groups is 1. The van der Waals surface area contributed by atoms with Crippen LogP contribution in [0, 0.1) is 5.92 Å². The zero-order valence-corrected chi connectivity index (χ0v) is 17.7. The normalized spacial score (nSPS) is 21.7. The van der Waals surface area contributed by atoms with E-state index in [-0.39, 0.29) is 17.6 Å². The van der Waals surface area contributed by atoms with Crippen molar-refractivity contribution in [2.75, 3.05) is 31.2 Å². The van der Waals surface area contributed by atoms with Gasteiger partial charge in [0.1, 0.15) is 0 Å². The molecule has 154 valence electrons. The number of amides is 1. The molecule has 3 rings (SSSR count). The minimum absolute atomic E-state index is 0.101. The lowest BCUT2D eigenvalue weighted by molar-refractivity contribution is -0.122. The lowest BCUT2D eigenvalue weighted by atomic mass is 9.85. The van der Waals surface area contributed by atoms with Gasteiger partial charge in [-0.2, -0.15) is 0 Å². The van der Waals surface area contributed by atoms with E-state index < -0.39 is 14.6 Å². The first-order chi connectivity index (χ1) is 13.2. The van der Waals surface area contributed by atoms with Gasteiger partial charge in [-0.3, -0.25) is 9.79 Å². The number of benzene rings is 1. The largest absolute Gasteiger partial charge is 0.352 e. The molecule has 1 saturated carbocycles. The minimum Gasteiger partial charge on any atom is -0.352 e. The van der Waals surface area contributed by atoms with E-state index in [0.717, 1.165) is 30.5 Å². The van der Waals surface area contributed by atoms with Crippen molar-refractivity contribution < 1.29 is 13.2 Å². The van der Waals surface area contributed by atoms with Gasteiger partial charge in [0.05, 0.1) is 10.5 Å². The number of sulfone groups is 1. The summed E-state index contributed by atoms with van der Waals surface area (Å²) in [5.74, 6) is 1.07. The highest BCUT2D eigenvalue weighted by atomic mass is 32.2. The highest BCUT2D eigenvalue weighted by Gasteiger charge is 2.40. The molecule has 1 amide bonds. The Kier molecular flexibility index (Phi) is 5.98. The number of nitrogens with one attached hydrogen (secondary N) is 2. The molecule has 28 heavy (non-hydrogen) atoms. The minimum atomic E-state index is -3.09. The molecule has 2 fully saturated rings. The molecule has 0 radical (unpaired) electrons. The quantitative estimate of drug-likeness (QED) is 0.590. The number of carbonyl (C=O) groups excluding carboxylic acids is 1. The van der Waals surface area contributed by atoms with Gasteiger partial charge in [0.25, 0.3) is 0 Å². The van der Waals surface area contributed by atoms with Gasteiger partial charge in [0.15, 0.2) is 15.8 Å². The average molecular weight is 407 g/mol. The summed E-state index contributed by atoms with van der Waals surface area (Å²) < 4.78 is 23.6. The number of rotatable bonds is 4. The second-order valence-corrected chi connectivity index (χ2v) is 11.0. The number of anilines is 1. The Bertz CT molecular complexity index is 860. The van der Waals surface area contributed by atoms with E-state index in [4.69, 9.17) is 0 Å². The fourth-order valence-corrected chi connectivity index (χ4v) is 4.88. The van der Waals surface area contributed by atoms with Crippen LogP contribution in [0.3, 0.4) is 0 Å². The molecule has 0 aromatic heterocycles. The monoisotopic (exact) mass is 406 g/mol. The Morgan fingerprint density at radius 3 is 2.68 bits per heavy atom. The topological polar surface area (TPSA) is 90.9 Å². The molecule has 0 atom stereocenters. The summed E-state index contributed by atoms with van der Waals surface area (Å²) in [4.78, 5) is 18.4. The van der Waals surface area contributed by atoms with Crippen molar-refractivity contribution in [3.8, 4) is 0 Å². The van der Waals surface area contributed by atoms with Crippen LogP contribution in [0.15, 0.2) is 29.3 Å². The molecule has 0 spiro atoms. The summed E-state index contributed by atoms with van der Waals surface area (Å²) >= 11 is 0. The average Bonchev–Trinajstić information content (AvgIpc) is 2.57. The first-order valence-electron chi connectivity index (χ1n) is 9.79. The van der Waals surface area contributed by atoms with Gasteiger partial charge in [-0.15, -0.1) is 0 Å². The molecule has 2 N–H and O–H groups in total. The molecule has 1 saturated heterocycles. The highest BCUT2D eigenvalue weighted by molar-refractivity contribution is 7.92. The molecular weight excluding hydrogens is 376 g/mol. The molecule has 0 unspecified atom stereocenters. The van der Waals surface area contributed by atoms with Gasteiger partial charge in [-0.1, -0.05) is 18.6 Å². The number of hydrogen-bond donors (Lipinski definition) is 2. The van der Waals surface area contributed by atoms with E-state index in [2.05, 4.69) is 15.6 Å². The molecule has 1 aliphatic carbocycles. The first kappa shape index (κ1) is 20.6. The predicted octanol–water partition coefficient (Wildman–Crippen LogP) is 2.01. The lowest BCUT2D eigenvalue weighted by Gasteiger charge is -2.39. The number of carbonyl (C=O) groups is 1. The van der Waals surface area contributed by atoms with Crippen molar-refractivity contribution in [2.45, 2.75) is 44.4 Å². The fraction of sp³-hybridized carbons (Fsp3) is 0.600. The number of guanidine groups is 1. The van der Waals surface area contributed by atoms with Crippen LogP contribution in [0.25, 0.3) is 0 Å². The first-order valence-corrected chi connectivity index (χ1v) is 11.4. The van der Waals surface area contributed by atoms with Crippen LogP contribution in [-0.2, 0) is 21.2 Å². The smallest absolute Gasteiger partial charge is 0.227 e. The predicted molar refractivity (Wildman–Crippen MR) is 112 cm³/mol. The molecule has 7 nitrogen and oxygen atoms in total. The summed E-state index contributed by atoms with van der Waals surface area (Å²) in [5.41, 5.74) is 1.83. The van der Waals surface area contributed by atoms with Gasteiger partial charge in [0.2, 0.25) is 5.91 Å². The standard InChI is InChI=1S/C20H30N4O3S/c1-20(2)14-24(10-11-28(20,26)27)19(21-3)22-13-15-6-4-9-17(12-15)23-18(25)16-7-5-8-16/h4,6,9,12,16H,5,7-8,10-11,13-14H2,1-3H3,(H,21,22)(H,23,25). The Labute approximate surface area is 167 Å². The van der Waals surface area contributed by atoms with Crippen LogP contribution < -0.4 is 10.6 Å². The zero-order chi connectivity index (χ0) is 20.4. The molecule has 1 aromatic rings. The van der Waals surface area contributed by atoms with E-state index in [1.54, 1.807) is 20.9 Å². The van der Waals surface area contributed by atoms with Gasteiger partial charge in [-0.05, 0) is 44.4 Å². The second kappa shape index (κ2) is 8.11. The van der Waals surface area contributed by atoms with Gasteiger partial charge < -0.3 is 15.5 Å². The summed E-state index contributed by atoms with van der Waals surface area (Å²) in [7, 11) is -1.39. The van der Waals surface area contributed by atoms with Gasteiger partial charge >= 0.3 is 0 Å². The summed E-state index contributed by atoms with van der Waals surface area (Å²) in [6.45, 7) is 4.91. The van der Waals surface area contributed by atoms with Crippen LogP contribution >= 0.6 is 0 Å². The Morgan fingerprint density at radius 2 is 2.07 bits per heavy atom.